The molecule has 1 aromatic carbocycles. The summed E-state index contributed by atoms with van der Waals surface area (Å²) in [5.74, 6) is 0.532. The van der Waals surface area contributed by atoms with Gasteiger partial charge in [-0.05, 0) is 63.9 Å². The van der Waals surface area contributed by atoms with Crippen molar-refractivity contribution < 1.29 is 13.2 Å². The van der Waals surface area contributed by atoms with Gasteiger partial charge in [0.15, 0.2) is 0 Å². The van der Waals surface area contributed by atoms with E-state index in [0.717, 1.165) is 38.2 Å². The molecule has 2 heterocycles. The van der Waals surface area contributed by atoms with E-state index in [1.807, 2.05) is 26.0 Å². The molecule has 0 radical (unpaired) electrons. The molecule has 1 aromatic rings. The predicted octanol–water partition coefficient (Wildman–Crippen LogP) is 2.12. The second-order valence-electron chi connectivity index (χ2n) is 7.25. The van der Waals surface area contributed by atoms with Gasteiger partial charge in [-0.25, -0.2) is 8.42 Å². The lowest BCUT2D eigenvalue weighted by Crippen LogP contribution is -2.72. The Hall–Kier alpha value is -0.950. The van der Waals surface area contributed by atoms with Crippen molar-refractivity contribution >= 4 is 10.0 Å². The van der Waals surface area contributed by atoms with E-state index in [0.29, 0.717) is 23.9 Å². The summed E-state index contributed by atoms with van der Waals surface area (Å²) in [6, 6.07) is 7.17. The van der Waals surface area contributed by atoms with Crippen LogP contribution in [0.2, 0.25) is 0 Å². The van der Waals surface area contributed by atoms with E-state index in [2.05, 4.69) is 11.9 Å². The maximum absolute atomic E-state index is 12.8. The highest BCUT2D eigenvalue weighted by molar-refractivity contribution is 7.89. The second kappa shape index (κ2) is 6.75. The molecule has 2 saturated heterocycles. The summed E-state index contributed by atoms with van der Waals surface area (Å²) < 4.78 is 32.9. The molecule has 2 fully saturated rings. The van der Waals surface area contributed by atoms with Crippen molar-refractivity contribution in [3.05, 3.63) is 29.8 Å². The third kappa shape index (κ3) is 3.25. The Balaban J connectivity index is 1.70. The number of hydrogen-bond acceptors (Lipinski definition) is 4. The Kier molecular flexibility index (Phi) is 5.02. The maximum Gasteiger partial charge on any atom is 0.243 e. The number of likely N-dealkylation sites (tertiary alicyclic amines) is 1. The smallest absolute Gasteiger partial charge is 0.243 e. The molecule has 134 valence electrons. The monoisotopic (exact) mass is 352 g/mol. The SMILES string of the molecule is CCOC[C@H]1CCN(C)C2(C1)CN(S(=O)(=O)c1cccc(C)c1)C2. The highest BCUT2D eigenvalue weighted by atomic mass is 32.2. The molecule has 0 unspecified atom stereocenters. The molecule has 0 amide bonds. The van der Waals surface area contributed by atoms with Crippen LogP contribution in [0.3, 0.4) is 0 Å². The van der Waals surface area contributed by atoms with Crippen LogP contribution in [0.5, 0.6) is 0 Å². The zero-order chi connectivity index (χ0) is 17.4. The van der Waals surface area contributed by atoms with E-state index in [9.17, 15) is 8.42 Å². The minimum absolute atomic E-state index is 0.0170. The summed E-state index contributed by atoms with van der Waals surface area (Å²) in [6.45, 7) is 7.65. The molecular weight excluding hydrogens is 324 g/mol. The van der Waals surface area contributed by atoms with E-state index in [-0.39, 0.29) is 5.54 Å². The number of likely N-dealkylation sites (N-methyl/N-ethyl adjacent to an activating group) is 1. The van der Waals surface area contributed by atoms with Crippen LogP contribution < -0.4 is 0 Å². The number of sulfonamides is 1. The molecule has 0 aromatic heterocycles. The van der Waals surface area contributed by atoms with E-state index in [1.165, 1.54) is 0 Å². The molecule has 1 atom stereocenters. The molecule has 0 N–H and O–H groups in total. The Morgan fingerprint density at radius 1 is 1.33 bits per heavy atom. The highest BCUT2D eigenvalue weighted by Gasteiger charge is 2.53. The third-order valence-corrected chi connectivity index (χ3v) is 7.27. The molecule has 2 aliphatic heterocycles. The number of benzene rings is 1. The molecule has 0 saturated carbocycles. The van der Waals surface area contributed by atoms with Gasteiger partial charge in [-0.2, -0.15) is 4.31 Å². The fourth-order valence-corrected chi connectivity index (χ4v) is 5.62. The molecule has 1 spiro atoms. The van der Waals surface area contributed by atoms with Gasteiger partial charge in [0.2, 0.25) is 10.0 Å². The van der Waals surface area contributed by atoms with Gasteiger partial charge in [-0.1, -0.05) is 12.1 Å². The summed E-state index contributed by atoms with van der Waals surface area (Å²) in [7, 11) is -1.26. The van der Waals surface area contributed by atoms with Gasteiger partial charge in [0, 0.05) is 31.8 Å². The summed E-state index contributed by atoms with van der Waals surface area (Å²) >= 11 is 0. The van der Waals surface area contributed by atoms with Crippen LogP contribution in [-0.4, -0.2) is 63.1 Å². The topological polar surface area (TPSA) is 49.9 Å². The molecule has 2 aliphatic rings. The van der Waals surface area contributed by atoms with Crippen molar-refractivity contribution in [2.45, 2.75) is 37.1 Å². The molecular formula is C18H28N2O3S. The van der Waals surface area contributed by atoms with Gasteiger partial charge in [-0.15, -0.1) is 0 Å². The summed E-state index contributed by atoms with van der Waals surface area (Å²) in [6.07, 6.45) is 2.15. The van der Waals surface area contributed by atoms with Gasteiger partial charge in [-0.3, -0.25) is 4.90 Å². The lowest BCUT2D eigenvalue weighted by Gasteiger charge is -2.57. The number of ether oxygens (including phenoxy) is 1. The van der Waals surface area contributed by atoms with Crippen LogP contribution in [0.4, 0.5) is 0 Å². The Morgan fingerprint density at radius 2 is 2.08 bits per heavy atom. The van der Waals surface area contributed by atoms with Crippen molar-refractivity contribution in [3.63, 3.8) is 0 Å². The van der Waals surface area contributed by atoms with E-state index >= 15 is 0 Å². The van der Waals surface area contributed by atoms with E-state index < -0.39 is 10.0 Å². The normalized spacial score (nSPS) is 24.9. The average molecular weight is 353 g/mol. The number of piperidine rings is 1. The van der Waals surface area contributed by atoms with E-state index in [1.54, 1.807) is 16.4 Å². The molecule has 5 nitrogen and oxygen atoms in total. The Morgan fingerprint density at radius 3 is 2.75 bits per heavy atom. The Labute approximate surface area is 145 Å². The first-order valence-corrected chi connectivity index (χ1v) is 10.2. The third-order valence-electron chi connectivity index (χ3n) is 5.48. The highest BCUT2D eigenvalue weighted by Crippen LogP contribution is 2.40. The van der Waals surface area contributed by atoms with Gasteiger partial charge < -0.3 is 4.74 Å². The van der Waals surface area contributed by atoms with Crippen LogP contribution in [0.15, 0.2) is 29.2 Å². The van der Waals surface area contributed by atoms with Gasteiger partial charge >= 0.3 is 0 Å². The van der Waals surface area contributed by atoms with Gasteiger partial charge in [0.25, 0.3) is 0 Å². The molecule has 0 aliphatic carbocycles. The van der Waals surface area contributed by atoms with Crippen LogP contribution in [0.25, 0.3) is 0 Å². The first-order valence-electron chi connectivity index (χ1n) is 8.73. The standard InChI is InChI=1S/C18H28N2O3S/c1-4-23-12-16-8-9-19(3)18(11-16)13-20(14-18)24(21,22)17-7-5-6-15(2)10-17/h5-7,10,16H,4,8-9,11-14H2,1-3H3/t16-/m0/s1. The van der Waals surface area contributed by atoms with Crippen molar-refractivity contribution in [1.29, 1.82) is 0 Å². The predicted molar refractivity (Wildman–Crippen MR) is 94.5 cm³/mol. The molecule has 24 heavy (non-hydrogen) atoms. The lowest BCUT2D eigenvalue weighted by molar-refractivity contribution is -0.0576. The fraction of sp³-hybridized carbons (Fsp3) is 0.667. The number of rotatable bonds is 5. The number of hydrogen-bond donors (Lipinski definition) is 0. The van der Waals surface area contributed by atoms with Crippen LogP contribution >= 0.6 is 0 Å². The van der Waals surface area contributed by atoms with Crippen molar-refractivity contribution in [2.24, 2.45) is 5.92 Å². The summed E-state index contributed by atoms with van der Waals surface area (Å²) in [4.78, 5) is 2.75. The lowest BCUT2D eigenvalue weighted by atomic mass is 9.77. The van der Waals surface area contributed by atoms with Crippen LogP contribution in [0, 0.1) is 12.8 Å². The first-order chi connectivity index (χ1) is 11.4. The molecule has 3 rings (SSSR count). The van der Waals surface area contributed by atoms with Crippen molar-refractivity contribution in [1.82, 2.24) is 9.21 Å². The van der Waals surface area contributed by atoms with Gasteiger partial charge in [0.1, 0.15) is 0 Å². The minimum Gasteiger partial charge on any atom is -0.381 e. The molecule has 0 bridgehead atoms. The number of nitrogens with zero attached hydrogens (tertiary/aromatic N) is 2. The Bertz CT molecular complexity index is 681. The summed E-state index contributed by atoms with van der Waals surface area (Å²) in [5.41, 5.74) is 0.953. The van der Waals surface area contributed by atoms with Gasteiger partial charge in [0.05, 0.1) is 4.90 Å². The number of aryl methyl sites for hydroxylation is 1. The van der Waals surface area contributed by atoms with Crippen LogP contribution in [0.1, 0.15) is 25.3 Å². The fourth-order valence-electron chi connectivity index (χ4n) is 3.91. The van der Waals surface area contributed by atoms with E-state index in [4.69, 9.17) is 4.74 Å². The maximum atomic E-state index is 12.8. The zero-order valence-electron chi connectivity index (χ0n) is 14.9. The van der Waals surface area contributed by atoms with Crippen molar-refractivity contribution in [2.75, 3.05) is 39.9 Å². The summed E-state index contributed by atoms with van der Waals surface area (Å²) in [5, 5.41) is 0. The second-order valence-corrected chi connectivity index (χ2v) is 9.19. The minimum atomic E-state index is -3.38. The largest absolute Gasteiger partial charge is 0.381 e. The van der Waals surface area contributed by atoms with Crippen LogP contribution in [-0.2, 0) is 14.8 Å². The molecule has 6 heteroatoms. The average Bonchev–Trinajstić information content (AvgIpc) is 2.52. The van der Waals surface area contributed by atoms with Crippen molar-refractivity contribution in [3.8, 4) is 0 Å². The zero-order valence-corrected chi connectivity index (χ0v) is 15.7. The first kappa shape index (κ1) is 17.9. The quantitative estimate of drug-likeness (QED) is 0.814.